The predicted octanol–water partition coefficient (Wildman–Crippen LogP) is 2.30. The number of anilines is 2. The SMILES string of the molecule is CCc1ccc(NC(=O)CN2C(=O)N(c3ccccc3)[C@H]3CS(=O)(=O)C[C@H]32)cc1. The number of amides is 3. The molecule has 2 heterocycles. The molecular formula is C21H23N3O4S. The van der Waals surface area contributed by atoms with Crippen molar-refractivity contribution in [3.63, 3.8) is 0 Å². The number of nitrogens with zero attached hydrogens (tertiary/aromatic N) is 2. The Labute approximate surface area is 170 Å². The average molecular weight is 413 g/mol. The lowest BCUT2D eigenvalue weighted by Crippen LogP contribution is -2.42. The summed E-state index contributed by atoms with van der Waals surface area (Å²) in [4.78, 5) is 28.6. The normalized spacial score (nSPS) is 22.6. The summed E-state index contributed by atoms with van der Waals surface area (Å²) in [5.41, 5.74) is 2.45. The standard InChI is InChI=1S/C21H23N3O4S/c1-2-15-8-10-16(11-9-15)22-20(25)12-23-18-13-29(27,28)14-19(18)24(21(23)26)17-6-4-3-5-7-17/h3-11,18-19H,2,12-14H2,1H3,(H,22,25)/t18-,19+/m1/s1. The molecule has 0 saturated carbocycles. The van der Waals surface area contributed by atoms with Gasteiger partial charge in [0.1, 0.15) is 6.54 Å². The molecule has 0 unspecified atom stereocenters. The van der Waals surface area contributed by atoms with Crippen LogP contribution in [-0.2, 0) is 21.1 Å². The second-order valence-corrected chi connectivity index (χ2v) is 9.58. The molecule has 0 spiro atoms. The van der Waals surface area contributed by atoms with Crippen LogP contribution in [0.25, 0.3) is 0 Å². The molecule has 8 heteroatoms. The number of carbonyl (C=O) groups excluding carboxylic acids is 2. The van der Waals surface area contributed by atoms with E-state index in [9.17, 15) is 18.0 Å². The second kappa shape index (κ2) is 7.51. The van der Waals surface area contributed by atoms with Gasteiger partial charge in [0.25, 0.3) is 0 Å². The summed E-state index contributed by atoms with van der Waals surface area (Å²) in [5, 5.41) is 2.80. The van der Waals surface area contributed by atoms with Crippen LogP contribution in [0.2, 0.25) is 0 Å². The Morgan fingerprint density at radius 1 is 1.03 bits per heavy atom. The Morgan fingerprint density at radius 2 is 1.69 bits per heavy atom. The highest BCUT2D eigenvalue weighted by molar-refractivity contribution is 7.91. The average Bonchev–Trinajstić information content (AvgIpc) is 3.13. The highest BCUT2D eigenvalue weighted by Gasteiger charge is 2.54. The molecule has 0 radical (unpaired) electrons. The minimum Gasteiger partial charge on any atom is -0.325 e. The zero-order valence-corrected chi connectivity index (χ0v) is 16.9. The molecule has 2 aliphatic heterocycles. The summed E-state index contributed by atoms with van der Waals surface area (Å²) >= 11 is 0. The van der Waals surface area contributed by atoms with Crippen molar-refractivity contribution in [3.05, 3.63) is 60.2 Å². The topological polar surface area (TPSA) is 86.8 Å². The number of aryl methyl sites for hydroxylation is 1. The van der Waals surface area contributed by atoms with Crippen molar-refractivity contribution in [2.75, 3.05) is 28.3 Å². The number of hydrogen-bond acceptors (Lipinski definition) is 4. The van der Waals surface area contributed by atoms with E-state index in [0.717, 1.165) is 12.0 Å². The highest BCUT2D eigenvalue weighted by atomic mass is 32.2. The summed E-state index contributed by atoms with van der Waals surface area (Å²) < 4.78 is 24.5. The quantitative estimate of drug-likeness (QED) is 0.762. The van der Waals surface area contributed by atoms with Crippen LogP contribution < -0.4 is 10.2 Å². The summed E-state index contributed by atoms with van der Waals surface area (Å²) in [6.45, 7) is 1.87. The van der Waals surface area contributed by atoms with Gasteiger partial charge < -0.3 is 10.2 Å². The number of nitrogens with one attached hydrogen (secondary N) is 1. The smallest absolute Gasteiger partial charge is 0.325 e. The summed E-state index contributed by atoms with van der Waals surface area (Å²) in [5.74, 6) is -0.555. The van der Waals surface area contributed by atoms with E-state index in [1.54, 1.807) is 24.3 Å². The van der Waals surface area contributed by atoms with E-state index >= 15 is 0 Å². The maximum Gasteiger partial charge on any atom is 0.325 e. The van der Waals surface area contributed by atoms with Gasteiger partial charge in [0.2, 0.25) is 5.91 Å². The van der Waals surface area contributed by atoms with Crippen LogP contribution in [0.1, 0.15) is 12.5 Å². The van der Waals surface area contributed by atoms with Crippen molar-refractivity contribution in [2.45, 2.75) is 25.4 Å². The van der Waals surface area contributed by atoms with Crippen molar-refractivity contribution < 1.29 is 18.0 Å². The van der Waals surface area contributed by atoms with Gasteiger partial charge in [0.15, 0.2) is 9.84 Å². The Bertz CT molecular complexity index is 1020. The molecule has 2 aliphatic rings. The fourth-order valence-corrected chi connectivity index (χ4v) is 5.98. The van der Waals surface area contributed by atoms with Gasteiger partial charge in [-0.3, -0.25) is 9.69 Å². The number of para-hydroxylation sites is 1. The van der Waals surface area contributed by atoms with Gasteiger partial charge in [-0.05, 0) is 36.2 Å². The third kappa shape index (κ3) is 3.85. The van der Waals surface area contributed by atoms with Gasteiger partial charge in [-0.1, -0.05) is 37.3 Å². The molecule has 29 heavy (non-hydrogen) atoms. The third-order valence-electron chi connectivity index (χ3n) is 5.47. The molecule has 2 aromatic carbocycles. The largest absolute Gasteiger partial charge is 0.325 e. The van der Waals surface area contributed by atoms with E-state index in [0.29, 0.717) is 11.4 Å². The van der Waals surface area contributed by atoms with Gasteiger partial charge in [-0.15, -0.1) is 0 Å². The lowest BCUT2D eigenvalue weighted by atomic mass is 10.1. The minimum absolute atomic E-state index is 0.0884. The van der Waals surface area contributed by atoms with Crippen molar-refractivity contribution in [1.29, 1.82) is 0 Å². The lowest BCUT2D eigenvalue weighted by Gasteiger charge is -2.22. The van der Waals surface area contributed by atoms with E-state index in [1.165, 1.54) is 9.80 Å². The van der Waals surface area contributed by atoms with E-state index in [4.69, 9.17) is 0 Å². The minimum atomic E-state index is -3.27. The van der Waals surface area contributed by atoms with Crippen LogP contribution in [0.4, 0.5) is 16.2 Å². The maximum atomic E-state index is 13.1. The number of benzene rings is 2. The molecule has 152 valence electrons. The van der Waals surface area contributed by atoms with Crippen LogP contribution in [0, 0.1) is 0 Å². The highest BCUT2D eigenvalue weighted by Crippen LogP contribution is 2.34. The zero-order valence-electron chi connectivity index (χ0n) is 16.1. The Morgan fingerprint density at radius 3 is 2.34 bits per heavy atom. The molecule has 7 nitrogen and oxygen atoms in total. The summed E-state index contributed by atoms with van der Waals surface area (Å²) in [7, 11) is -3.27. The lowest BCUT2D eigenvalue weighted by molar-refractivity contribution is -0.116. The molecule has 0 bridgehead atoms. The molecule has 2 atom stereocenters. The van der Waals surface area contributed by atoms with Crippen molar-refractivity contribution in [3.8, 4) is 0 Å². The fourth-order valence-electron chi connectivity index (χ4n) is 4.03. The van der Waals surface area contributed by atoms with Gasteiger partial charge in [-0.25, -0.2) is 13.2 Å². The van der Waals surface area contributed by atoms with Crippen LogP contribution in [0.3, 0.4) is 0 Å². The van der Waals surface area contributed by atoms with Crippen molar-refractivity contribution in [1.82, 2.24) is 4.90 Å². The third-order valence-corrected chi connectivity index (χ3v) is 7.17. The number of rotatable bonds is 5. The van der Waals surface area contributed by atoms with Crippen LogP contribution in [0.15, 0.2) is 54.6 Å². The fraction of sp³-hybridized carbons (Fsp3) is 0.333. The molecule has 3 amide bonds. The number of urea groups is 1. The molecule has 4 rings (SSSR count). The van der Waals surface area contributed by atoms with Gasteiger partial charge in [-0.2, -0.15) is 0 Å². The zero-order chi connectivity index (χ0) is 20.6. The first-order valence-corrected chi connectivity index (χ1v) is 11.4. The molecule has 1 N–H and O–H groups in total. The second-order valence-electron chi connectivity index (χ2n) is 7.43. The first kappa shape index (κ1) is 19.4. The molecule has 2 aromatic rings. The number of carbonyl (C=O) groups is 2. The van der Waals surface area contributed by atoms with Crippen LogP contribution >= 0.6 is 0 Å². The van der Waals surface area contributed by atoms with E-state index in [2.05, 4.69) is 12.2 Å². The van der Waals surface area contributed by atoms with E-state index in [-0.39, 0.29) is 30.0 Å². The van der Waals surface area contributed by atoms with Gasteiger partial charge >= 0.3 is 6.03 Å². The number of sulfone groups is 1. The Hall–Kier alpha value is -2.87. The van der Waals surface area contributed by atoms with Gasteiger partial charge in [0.05, 0.1) is 23.6 Å². The number of hydrogen-bond donors (Lipinski definition) is 1. The molecule has 0 aliphatic carbocycles. The summed E-state index contributed by atoms with van der Waals surface area (Å²) in [6, 6.07) is 15.2. The van der Waals surface area contributed by atoms with Crippen molar-refractivity contribution in [2.24, 2.45) is 0 Å². The van der Waals surface area contributed by atoms with Crippen molar-refractivity contribution >= 4 is 33.2 Å². The Kier molecular flexibility index (Phi) is 5.04. The molecule has 0 aromatic heterocycles. The van der Waals surface area contributed by atoms with Crippen LogP contribution in [0.5, 0.6) is 0 Å². The Balaban J connectivity index is 1.54. The van der Waals surface area contributed by atoms with Gasteiger partial charge in [0, 0.05) is 11.4 Å². The predicted molar refractivity (Wildman–Crippen MR) is 112 cm³/mol. The first-order chi connectivity index (χ1) is 13.9. The number of fused-ring (bicyclic) bond motifs is 1. The maximum absolute atomic E-state index is 13.1. The molecule has 2 saturated heterocycles. The molecule has 2 fully saturated rings. The molecular weight excluding hydrogens is 390 g/mol. The summed E-state index contributed by atoms with van der Waals surface area (Å²) in [6.07, 6.45) is 0.906. The monoisotopic (exact) mass is 413 g/mol. The van der Waals surface area contributed by atoms with E-state index in [1.807, 2.05) is 30.3 Å². The first-order valence-electron chi connectivity index (χ1n) is 9.62. The van der Waals surface area contributed by atoms with E-state index < -0.39 is 21.9 Å². The van der Waals surface area contributed by atoms with Crippen LogP contribution in [-0.4, -0.2) is 55.4 Å².